The highest BCUT2D eigenvalue weighted by atomic mass is 19.1. The molecule has 0 unspecified atom stereocenters. The number of aromatic carboxylic acids is 1. The van der Waals surface area contributed by atoms with Crippen LogP contribution in [0.5, 0.6) is 0 Å². The van der Waals surface area contributed by atoms with E-state index >= 15 is 0 Å². The third-order valence-electron chi connectivity index (χ3n) is 2.83. The third-order valence-corrected chi connectivity index (χ3v) is 2.83. The summed E-state index contributed by atoms with van der Waals surface area (Å²) in [6.07, 6.45) is 0.419. The van der Waals surface area contributed by atoms with Gasteiger partial charge in [0.25, 0.3) is 0 Å². The van der Waals surface area contributed by atoms with Gasteiger partial charge >= 0.3 is 5.97 Å². The number of rotatable bonds is 7. The van der Waals surface area contributed by atoms with Crippen LogP contribution in [-0.4, -0.2) is 29.1 Å². The molecule has 0 spiro atoms. The van der Waals surface area contributed by atoms with Gasteiger partial charge in [0.15, 0.2) is 0 Å². The zero-order chi connectivity index (χ0) is 15.1. The van der Waals surface area contributed by atoms with Gasteiger partial charge in [0.1, 0.15) is 5.82 Å². The highest BCUT2D eigenvalue weighted by Gasteiger charge is 2.13. The van der Waals surface area contributed by atoms with Gasteiger partial charge in [-0.2, -0.15) is 5.26 Å². The molecule has 0 aliphatic heterocycles. The Morgan fingerprint density at radius 3 is 2.70 bits per heavy atom. The molecule has 0 aliphatic rings. The zero-order valence-electron chi connectivity index (χ0n) is 11.8. The molecule has 0 heterocycles. The van der Waals surface area contributed by atoms with E-state index in [1.807, 2.05) is 0 Å². The summed E-state index contributed by atoms with van der Waals surface area (Å²) in [5.41, 5.74) is 0.396. The molecule has 5 heteroatoms. The normalized spacial score (nSPS) is 10.8. The number of hydrogen-bond donors (Lipinski definition) is 1. The molecule has 0 radical (unpaired) electrons. The van der Waals surface area contributed by atoms with E-state index < -0.39 is 11.8 Å². The number of halogens is 1. The van der Waals surface area contributed by atoms with Crippen molar-refractivity contribution < 1.29 is 14.3 Å². The van der Waals surface area contributed by atoms with Crippen LogP contribution in [0, 0.1) is 23.1 Å². The largest absolute Gasteiger partial charge is 0.478 e. The molecule has 20 heavy (non-hydrogen) atoms. The standard InChI is InChI=1S/C15H19FN2O2/c1-11(2)9-18(7-3-6-17)10-12-4-5-13(15(19)20)14(16)8-12/h4-5,8,11H,3,7,9-10H2,1-2H3,(H,19,20). The maximum absolute atomic E-state index is 13.6. The number of carboxylic acids is 1. The number of carboxylic acid groups (broad SMARTS) is 1. The Labute approximate surface area is 118 Å². The van der Waals surface area contributed by atoms with Crippen LogP contribution in [0.2, 0.25) is 0 Å². The van der Waals surface area contributed by atoms with Gasteiger partial charge in [0.2, 0.25) is 0 Å². The topological polar surface area (TPSA) is 64.3 Å². The van der Waals surface area contributed by atoms with Crippen molar-refractivity contribution in [3.05, 3.63) is 35.1 Å². The Bertz CT molecular complexity index is 509. The van der Waals surface area contributed by atoms with E-state index in [0.29, 0.717) is 31.0 Å². The van der Waals surface area contributed by atoms with Crippen LogP contribution in [0.1, 0.15) is 36.2 Å². The van der Waals surface area contributed by atoms with Crippen molar-refractivity contribution in [2.45, 2.75) is 26.8 Å². The predicted octanol–water partition coefficient (Wildman–Crippen LogP) is 2.90. The van der Waals surface area contributed by atoms with Crippen molar-refractivity contribution in [3.8, 4) is 6.07 Å². The molecule has 1 rings (SSSR count). The van der Waals surface area contributed by atoms with E-state index in [0.717, 1.165) is 6.54 Å². The van der Waals surface area contributed by atoms with Gasteiger partial charge in [0, 0.05) is 26.1 Å². The van der Waals surface area contributed by atoms with Crippen molar-refractivity contribution in [2.75, 3.05) is 13.1 Å². The molecule has 0 saturated carbocycles. The fraction of sp³-hybridized carbons (Fsp3) is 0.467. The molecule has 0 aliphatic carbocycles. The summed E-state index contributed by atoms with van der Waals surface area (Å²) in [5, 5.41) is 17.4. The van der Waals surface area contributed by atoms with Crippen LogP contribution in [0.15, 0.2) is 18.2 Å². The average molecular weight is 278 g/mol. The Morgan fingerprint density at radius 2 is 2.20 bits per heavy atom. The predicted molar refractivity (Wildman–Crippen MR) is 73.7 cm³/mol. The highest BCUT2D eigenvalue weighted by Crippen LogP contribution is 2.13. The summed E-state index contributed by atoms with van der Waals surface area (Å²) in [5.74, 6) is -1.55. The maximum Gasteiger partial charge on any atom is 0.338 e. The Kier molecular flexibility index (Phi) is 6.13. The molecular weight excluding hydrogens is 259 g/mol. The third kappa shape index (κ3) is 4.98. The molecule has 108 valence electrons. The smallest absolute Gasteiger partial charge is 0.338 e. The summed E-state index contributed by atoms with van der Waals surface area (Å²) >= 11 is 0. The quantitative estimate of drug-likeness (QED) is 0.833. The molecular formula is C15H19FN2O2. The number of carbonyl (C=O) groups is 1. The molecule has 1 aromatic rings. The van der Waals surface area contributed by atoms with Crippen molar-refractivity contribution in [2.24, 2.45) is 5.92 Å². The Morgan fingerprint density at radius 1 is 1.50 bits per heavy atom. The van der Waals surface area contributed by atoms with E-state index in [4.69, 9.17) is 10.4 Å². The van der Waals surface area contributed by atoms with E-state index in [9.17, 15) is 9.18 Å². The molecule has 0 bridgehead atoms. The number of nitriles is 1. The molecule has 0 fully saturated rings. The van der Waals surface area contributed by atoms with Crippen LogP contribution in [-0.2, 0) is 6.54 Å². The second-order valence-electron chi connectivity index (χ2n) is 5.16. The second-order valence-corrected chi connectivity index (χ2v) is 5.16. The van der Waals surface area contributed by atoms with Crippen molar-refractivity contribution in [1.82, 2.24) is 4.90 Å². The first-order valence-corrected chi connectivity index (χ1v) is 6.55. The molecule has 0 atom stereocenters. The van der Waals surface area contributed by atoms with Gasteiger partial charge in [-0.1, -0.05) is 19.9 Å². The van der Waals surface area contributed by atoms with Crippen molar-refractivity contribution in [1.29, 1.82) is 5.26 Å². The van der Waals surface area contributed by atoms with Gasteiger partial charge in [-0.25, -0.2) is 9.18 Å². The monoisotopic (exact) mass is 278 g/mol. The number of nitrogens with zero attached hydrogens (tertiary/aromatic N) is 2. The lowest BCUT2D eigenvalue weighted by molar-refractivity contribution is 0.0692. The average Bonchev–Trinajstić information content (AvgIpc) is 2.35. The van der Waals surface area contributed by atoms with Gasteiger partial charge in [-0.3, -0.25) is 4.90 Å². The van der Waals surface area contributed by atoms with E-state index in [-0.39, 0.29) is 5.56 Å². The van der Waals surface area contributed by atoms with E-state index in [2.05, 4.69) is 24.8 Å². The summed E-state index contributed by atoms with van der Waals surface area (Å²) in [6.45, 7) is 6.10. The first-order valence-electron chi connectivity index (χ1n) is 6.55. The summed E-state index contributed by atoms with van der Waals surface area (Å²) in [4.78, 5) is 12.8. The lowest BCUT2D eigenvalue weighted by atomic mass is 10.1. The summed E-state index contributed by atoms with van der Waals surface area (Å²) in [6, 6.07) is 6.25. The molecule has 4 nitrogen and oxygen atoms in total. The molecule has 0 amide bonds. The zero-order valence-corrected chi connectivity index (χ0v) is 11.8. The minimum atomic E-state index is -1.27. The number of benzene rings is 1. The minimum Gasteiger partial charge on any atom is -0.478 e. The van der Waals surface area contributed by atoms with Crippen molar-refractivity contribution >= 4 is 5.97 Å². The number of hydrogen-bond acceptors (Lipinski definition) is 3. The second kappa shape index (κ2) is 7.61. The van der Waals surface area contributed by atoms with Crippen LogP contribution in [0.3, 0.4) is 0 Å². The highest BCUT2D eigenvalue weighted by molar-refractivity contribution is 5.87. The van der Waals surface area contributed by atoms with Gasteiger partial charge in [0.05, 0.1) is 11.6 Å². The van der Waals surface area contributed by atoms with Gasteiger partial charge < -0.3 is 5.11 Å². The van der Waals surface area contributed by atoms with Crippen molar-refractivity contribution in [3.63, 3.8) is 0 Å². The maximum atomic E-state index is 13.6. The molecule has 1 N–H and O–H groups in total. The first kappa shape index (κ1) is 16.1. The Hall–Kier alpha value is -1.93. The minimum absolute atomic E-state index is 0.318. The van der Waals surface area contributed by atoms with Gasteiger partial charge in [-0.05, 0) is 23.6 Å². The van der Waals surface area contributed by atoms with Crippen LogP contribution >= 0.6 is 0 Å². The molecule has 0 aromatic heterocycles. The van der Waals surface area contributed by atoms with Gasteiger partial charge in [-0.15, -0.1) is 0 Å². The fourth-order valence-corrected chi connectivity index (χ4v) is 2.05. The van der Waals surface area contributed by atoms with Crippen LogP contribution < -0.4 is 0 Å². The fourth-order valence-electron chi connectivity index (χ4n) is 2.05. The summed E-state index contributed by atoms with van der Waals surface area (Å²) < 4.78 is 13.6. The first-order chi connectivity index (χ1) is 9.43. The Balaban J connectivity index is 2.80. The lowest BCUT2D eigenvalue weighted by Crippen LogP contribution is -2.28. The molecule has 1 aromatic carbocycles. The molecule has 0 saturated heterocycles. The lowest BCUT2D eigenvalue weighted by Gasteiger charge is -2.23. The van der Waals surface area contributed by atoms with Crippen LogP contribution in [0.25, 0.3) is 0 Å². The van der Waals surface area contributed by atoms with Crippen LogP contribution in [0.4, 0.5) is 4.39 Å². The van der Waals surface area contributed by atoms with E-state index in [1.165, 1.54) is 12.1 Å². The SMILES string of the molecule is CC(C)CN(CCC#N)Cc1ccc(C(=O)O)c(F)c1. The van der Waals surface area contributed by atoms with E-state index in [1.54, 1.807) is 6.07 Å². The summed E-state index contributed by atoms with van der Waals surface area (Å²) in [7, 11) is 0.